The van der Waals surface area contributed by atoms with Crippen molar-refractivity contribution in [1.82, 2.24) is 5.32 Å². The molecular formula is C14H23NO2. The van der Waals surface area contributed by atoms with Crippen LogP contribution >= 0.6 is 0 Å². The van der Waals surface area contributed by atoms with Gasteiger partial charge in [-0.25, -0.2) is 0 Å². The number of hydrogen-bond donors (Lipinski definition) is 1. The largest absolute Gasteiger partial charge is 0.356 e. The van der Waals surface area contributed by atoms with Crippen molar-refractivity contribution < 1.29 is 9.59 Å². The number of allylic oxidation sites excluding steroid dienone is 2. The van der Waals surface area contributed by atoms with Gasteiger partial charge in [-0.1, -0.05) is 38.3 Å². The van der Waals surface area contributed by atoms with Gasteiger partial charge < -0.3 is 10.1 Å². The van der Waals surface area contributed by atoms with E-state index in [0.29, 0.717) is 12.8 Å². The van der Waals surface area contributed by atoms with Gasteiger partial charge in [-0.3, -0.25) is 4.79 Å². The monoisotopic (exact) mass is 237 g/mol. The summed E-state index contributed by atoms with van der Waals surface area (Å²) < 4.78 is 0. The number of carbonyl (C=O) groups excluding carboxylic acids is 2. The molecule has 0 aliphatic heterocycles. The molecule has 0 fully saturated rings. The lowest BCUT2D eigenvalue weighted by Gasteiger charge is -2.23. The predicted molar refractivity (Wildman–Crippen MR) is 68.6 cm³/mol. The third kappa shape index (κ3) is 4.72. The summed E-state index contributed by atoms with van der Waals surface area (Å²) in [7, 11) is 0. The van der Waals surface area contributed by atoms with Crippen LogP contribution in [0, 0.1) is 11.8 Å². The molecule has 0 radical (unpaired) electrons. The van der Waals surface area contributed by atoms with Crippen molar-refractivity contribution in [3.05, 3.63) is 12.2 Å². The molecule has 1 N–H and O–H groups in total. The van der Waals surface area contributed by atoms with Gasteiger partial charge in [0.05, 0.1) is 5.92 Å². The zero-order valence-corrected chi connectivity index (χ0v) is 10.7. The first-order chi connectivity index (χ1) is 8.29. The molecule has 96 valence electrons. The van der Waals surface area contributed by atoms with E-state index < -0.39 is 0 Å². The van der Waals surface area contributed by atoms with Crippen LogP contribution in [0.2, 0.25) is 0 Å². The average molecular weight is 237 g/mol. The van der Waals surface area contributed by atoms with Gasteiger partial charge in [0.25, 0.3) is 0 Å². The number of carbonyl (C=O) groups is 2. The van der Waals surface area contributed by atoms with E-state index >= 15 is 0 Å². The molecule has 1 aliphatic carbocycles. The number of aldehydes is 1. The van der Waals surface area contributed by atoms with Gasteiger partial charge in [0, 0.05) is 12.5 Å². The van der Waals surface area contributed by atoms with Crippen molar-refractivity contribution in [1.29, 1.82) is 0 Å². The van der Waals surface area contributed by atoms with E-state index in [4.69, 9.17) is 0 Å². The Labute approximate surface area is 104 Å². The third-order valence-electron chi connectivity index (χ3n) is 3.32. The van der Waals surface area contributed by atoms with Crippen LogP contribution in [-0.2, 0) is 9.59 Å². The highest BCUT2D eigenvalue weighted by atomic mass is 16.2. The molecule has 3 heteroatoms. The Balaban J connectivity index is 2.26. The van der Waals surface area contributed by atoms with E-state index in [2.05, 4.69) is 12.2 Å². The van der Waals surface area contributed by atoms with E-state index in [-0.39, 0.29) is 17.7 Å². The zero-order valence-electron chi connectivity index (χ0n) is 10.7. The maximum absolute atomic E-state index is 11.9. The molecule has 0 aromatic heterocycles. The number of hydrogen-bond acceptors (Lipinski definition) is 2. The SMILES string of the molecule is CCCCCCNC(=O)C1CC=CCC1C=O. The lowest BCUT2D eigenvalue weighted by Crippen LogP contribution is -2.36. The van der Waals surface area contributed by atoms with Gasteiger partial charge in [-0.15, -0.1) is 0 Å². The Morgan fingerprint density at radius 1 is 1.29 bits per heavy atom. The fraction of sp³-hybridized carbons (Fsp3) is 0.714. The minimum Gasteiger partial charge on any atom is -0.356 e. The van der Waals surface area contributed by atoms with E-state index in [9.17, 15) is 9.59 Å². The van der Waals surface area contributed by atoms with Crippen molar-refractivity contribution in [2.24, 2.45) is 11.8 Å². The minimum absolute atomic E-state index is 0.0444. The van der Waals surface area contributed by atoms with Gasteiger partial charge >= 0.3 is 0 Å². The lowest BCUT2D eigenvalue weighted by atomic mass is 9.83. The van der Waals surface area contributed by atoms with Crippen LogP contribution < -0.4 is 5.32 Å². The second kappa shape index (κ2) is 8.04. The second-order valence-corrected chi connectivity index (χ2v) is 4.70. The molecule has 1 amide bonds. The van der Waals surface area contributed by atoms with Gasteiger partial charge in [0.2, 0.25) is 5.91 Å². The maximum Gasteiger partial charge on any atom is 0.224 e. The van der Waals surface area contributed by atoms with Gasteiger partial charge in [-0.2, -0.15) is 0 Å². The fourth-order valence-corrected chi connectivity index (χ4v) is 2.18. The quantitative estimate of drug-likeness (QED) is 0.420. The summed E-state index contributed by atoms with van der Waals surface area (Å²) in [6.07, 6.45) is 10.9. The molecule has 0 saturated carbocycles. The zero-order chi connectivity index (χ0) is 12.5. The van der Waals surface area contributed by atoms with Crippen LogP contribution in [0.3, 0.4) is 0 Å². The third-order valence-corrected chi connectivity index (χ3v) is 3.32. The van der Waals surface area contributed by atoms with Gasteiger partial charge in [-0.05, 0) is 19.3 Å². The van der Waals surface area contributed by atoms with Crippen LogP contribution in [0.25, 0.3) is 0 Å². The topological polar surface area (TPSA) is 46.2 Å². The van der Waals surface area contributed by atoms with Gasteiger partial charge in [0.15, 0.2) is 0 Å². The summed E-state index contributed by atoms with van der Waals surface area (Å²) in [5, 5.41) is 2.94. The normalized spacial score (nSPS) is 23.4. The highest BCUT2D eigenvalue weighted by Crippen LogP contribution is 2.23. The molecule has 2 unspecified atom stereocenters. The lowest BCUT2D eigenvalue weighted by molar-refractivity contribution is -0.129. The first kappa shape index (κ1) is 13.9. The number of unbranched alkanes of at least 4 members (excludes halogenated alkanes) is 3. The predicted octanol–water partition coefficient (Wildman–Crippen LogP) is 2.46. The van der Waals surface area contributed by atoms with Crippen LogP contribution in [-0.4, -0.2) is 18.7 Å². The summed E-state index contributed by atoms with van der Waals surface area (Å²) >= 11 is 0. The molecule has 0 saturated heterocycles. The van der Waals surface area contributed by atoms with Crippen molar-refractivity contribution in [2.45, 2.75) is 45.4 Å². The first-order valence-corrected chi connectivity index (χ1v) is 6.67. The van der Waals surface area contributed by atoms with Crippen molar-refractivity contribution >= 4 is 12.2 Å². The molecule has 0 spiro atoms. The fourth-order valence-electron chi connectivity index (χ4n) is 2.18. The second-order valence-electron chi connectivity index (χ2n) is 4.70. The summed E-state index contributed by atoms with van der Waals surface area (Å²) in [4.78, 5) is 22.8. The number of amides is 1. The van der Waals surface area contributed by atoms with E-state index in [0.717, 1.165) is 19.3 Å². The minimum atomic E-state index is -0.149. The smallest absolute Gasteiger partial charge is 0.224 e. The summed E-state index contributed by atoms with van der Waals surface area (Å²) in [6.45, 7) is 2.91. The summed E-state index contributed by atoms with van der Waals surface area (Å²) in [5.41, 5.74) is 0. The van der Waals surface area contributed by atoms with Gasteiger partial charge in [0.1, 0.15) is 6.29 Å². The van der Waals surface area contributed by atoms with E-state index in [1.54, 1.807) is 0 Å². The molecule has 2 atom stereocenters. The van der Waals surface area contributed by atoms with Crippen molar-refractivity contribution in [2.75, 3.05) is 6.54 Å². The molecule has 1 rings (SSSR count). The summed E-state index contributed by atoms with van der Waals surface area (Å²) in [5.74, 6) is -0.234. The molecule has 0 heterocycles. The molecule has 3 nitrogen and oxygen atoms in total. The summed E-state index contributed by atoms with van der Waals surface area (Å²) in [6, 6.07) is 0. The van der Waals surface area contributed by atoms with Crippen molar-refractivity contribution in [3.63, 3.8) is 0 Å². The Morgan fingerprint density at radius 3 is 2.76 bits per heavy atom. The Kier molecular flexibility index (Phi) is 6.60. The molecule has 0 aromatic rings. The Bertz CT molecular complexity index is 273. The Hall–Kier alpha value is -1.12. The van der Waals surface area contributed by atoms with Crippen molar-refractivity contribution in [3.8, 4) is 0 Å². The van der Waals surface area contributed by atoms with Crippen LogP contribution in [0.5, 0.6) is 0 Å². The van der Waals surface area contributed by atoms with Crippen LogP contribution in [0.4, 0.5) is 0 Å². The van der Waals surface area contributed by atoms with Crippen LogP contribution in [0.15, 0.2) is 12.2 Å². The highest BCUT2D eigenvalue weighted by molar-refractivity contribution is 5.82. The molecule has 17 heavy (non-hydrogen) atoms. The van der Waals surface area contributed by atoms with Crippen LogP contribution in [0.1, 0.15) is 45.4 Å². The first-order valence-electron chi connectivity index (χ1n) is 6.67. The molecule has 0 aromatic carbocycles. The Morgan fingerprint density at radius 2 is 2.06 bits per heavy atom. The average Bonchev–Trinajstić information content (AvgIpc) is 2.38. The maximum atomic E-state index is 11.9. The highest BCUT2D eigenvalue weighted by Gasteiger charge is 2.27. The number of rotatable bonds is 7. The molecular weight excluding hydrogens is 214 g/mol. The molecule has 0 bridgehead atoms. The van der Waals surface area contributed by atoms with E-state index in [1.165, 1.54) is 19.3 Å². The standard InChI is InChI=1S/C14H23NO2/c1-2-3-4-7-10-15-14(17)13-9-6-5-8-12(13)11-16/h5-6,11-13H,2-4,7-10H2,1H3,(H,15,17). The molecule has 1 aliphatic rings. The van der Waals surface area contributed by atoms with E-state index in [1.807, 2.05) is 12.2 Å². The number of nitrogens with one attached hydrogen (secondary N) is 1.